The molecule has 0 aliphatic rings. The maximum Gasteiger partial charge on any atom is 0.409 e. The summed E-state index contributed by atoms with van der Waals surface area (Å²) in [5.41, 5.74) is -1.95. The Morgan fingerprint density at radius 3 is 2.30 bits per heavy atom. The van der Waals surface area contributed by atoms with Crippen molar-refractivity contribution in [2.45, 2.75) is 6.92 Å². The first-order chi connectivity index (χ1) is 10.7. The van der Waals surface area contributed by atoms with E-state index >= 15 is 0 Å². The van der Waals surface area contributed by atoms with Crippen molar-refractivity contribution >= 4 is 29.5 Å². The van der Waals surface area contributed by atoms with E-state index < -0.39 is 39.0 Å². The first kappa shape index (κ1) is 17.6. The Hall–Kier alpha value is -3.50. The summed E-state index contributed by atoms with van der Waals surface area (Å²) in [5.74, 6) is -1.02. The number of rotatable bonds is 5. The number of ether oxygens (including phenoxy) is 1. The monoisotopic (exact) mass is 325 g/mol. The summed E-state index contributed by atoms with van der Waals surface area (Å²) in [6.07, 6.45) is -0.571. The molecule has 122 valence electrons. The molecule has 0 saturated heterocycles. The summed E-state index contributed by atoms with van der Waals surface area (Å²) >= 11 is 0. The number of aryl methyl sites for hydroxylation is 1. The number of hydrogen-bond acceptors (Lipinski definition) is 7. The van der Waals surface area contributed by atoms with Gasteiger partial charge in [0.15, 0.2) is 0 Å². The van der Waals surface area contributed by atoms with Gasteiger partial charge in [-0.2, -0.15) is 0 Å². The van der Waals surface area contributed by atoms with Crippen LogP contribution in [0.4, 0.5) is 16.2 Å². The minimum atomic E-state index is -1.55. The number of nitrogens with zero attached hydrogens (tertiary/aromatic N) is 2. The summed E-state index contributed by atoms with van der Waals surface area (Å²) in [6, 6.07) is 2.06. The van der Waals surface area contributed by atoms with Crippen LogP contribution < -0.4 is 5.32 Å². The van der Waals surface area contributed by atoms with Crippen molar-refractivity contribution in [3.63, 3.8) is 0 Å². The van der Waals surface area contributed by atoms with Gasteiger partial charge in [-0.1, -0.05) is 0 Å². The third-order valence-corrected chi connectivity index (χ3v) is 2.64. The van der Waals surface area contributed by atoms with E-state index in [2.05, 4.69) is 4.74 Å². The number of nitro benzene ring substituents is 2. The van der Waals surface area contributed by atoms with Gasteiger partial charge in [-0.25, -0.2) is 9.59 Å². The van der Waals surface area contributed by atoms with Crippen LogP contribution in [-0.2, 0) is 9.53 Å². The minimum absolute atomic E-state index is 0.0185. The fourth-order valence-corrected chi connectivity index (χ4v) is 1.79. The van der Waals surface area contributed by atoms with Gasteiger partial charge in [0.05, 0.1) is 17.0 Å². The molecule has 0 aliphatic heterocycles. The molecule has 0 aromatic heterocycles. The van der Waals surface area contributed by atoms with Crippen LogP contribution in [0.25, 0.3) is 6.08 Å². The molecular formula is C12H11N3O8. The molecular weight excluding hydrogens is 314 g/mol. The van der Waals surface area contributed by atoms with Crippen molar-refractivity contribution in [2.75, 3.05) is 7.11 Å². The van der Waals surface area contributed by atoms with Gasteiger partial charge >= 0.3 is 23.4 Å². The van der Waals surface area contributed by atoms with Gasteiger partial charge in [0.2, 0.25) is 0 Å². The van der Waals surface area contributed by atoms with Crippen molar-refractivity contribution in [1.29, 1.82) is 0 Å². The van der Waals surface area contributed by atoms with Crippen LogP contribution >= 0.6 is 0 Å². The number of carbonyl (C=O) groups is 2. The third kappa shape index (κ3) is 4.23. The molecule has 0 radical (unpaired) electrons. The second-order valence-corrected chi connectivity index (χ2v) is 4.20. The fourth-order valence-electron chi connectivity index (χ4n) is 1.79. The average molecular weight is 325 g/mol. The first-order valence-corrected chi connectivity index (χ1v) is 5.90. The highest BCUT2D eigenvalue weighted by molar-refractivity contribution is 5.96. The summed E-state index contributed by atoms with van der Waals surface area (Å²) < 4.78 is 4.38. The van der Waals surface area contributed by atoms with Crippen LogP contribution in [0.15, 0.2) is 17.8 Å². The Morgan fingerprint density at radius 1 is 1.26 bits per heavy atom. The lowest BCUT2D eigenvalue weighted by Gasteiger charge is -2.06. The Kier molecular flexibility index (Phi) is 5.32. The lowest BCUT2D eigenvalue weighted by Crippen LogP contribution is -2.26. The summed E-state index contributed by atoms with van der Waals surface area (Å²) in [6.45, 7) is 1.28. The molecule has 1 aromatic carbocycles. The van der Waals surface area contributed by atoms with Gasteiger partial charge in [0.25, 0.3) is 0 Å². The molecule has 1 rings (SSSR count). The number of hydrogen-bond donors (Lipinski definition) is 2. The van der Waals surface area contributed by atoms with E-state index in [9.17, 15) is 29.8 Å². The smallest absolute Gasteiger partial charge is 0.409 e. The van der Waals surface area contributed by atoms with E-state index in [1.54, 1.807) is 5.32 Å². The van der Waals surface area contributed by atoms with Crippen LogP contribution in [0.3, 0.4) is 0 Å². The normalized spacial score (nSPS) is 10.8. The highest BCUT2D eigenvalue weighted by Crippen LogP contribution is 2.32. The predicted molar refractivity (Wildman–Crippen MR) is 75.6 cm³/mol. The molecule has 0 bridgehead atoms. The van der Waals surface area contributed by atoms with Crippen molar-refractivity contribution in [3.05, 3.63) is 49.2 Å². The zero-order chi connectivity index (χ0) is 17.7. The van der Waals surface area contributed by atoms with Gasteiger partial charge < -0.3 is 9.84 Å². The van der Waals surface area contributed by atoms with Gasteiger partial charge in [-0.05, 0) is 24.6 Å². The Bertz CT molecular complexity index is 725. The summed E-state index contributed by atoms with van der Waals surface area (Å²) in [7, 11) is 1.02. The quantitative estimate of drug-likeness (QED) is 0.357. The molecule has 0 spiro atoms. The molecule has 0 aliphatic carbocycles. The Balaban J connectivity index is 3.50. The zero-order valence-electron chi connectivity index (χ0n) is 11.9. The molecule has 1 amide bonds. The molecule has 0 unspecified atom stereocenters. The van der Waals surface area contributed by atoms with Crippen molar-refractivity contribution in [1.82, 2.24) is 5.32 Å². The van der Waals surface area contributed by atoms with E-state index in [1.807, 2.05) is 0 Å². The minimum Gasteiger partial charge on any atom is -0.465 e. The zero-order valence-corrected chi connectivity index (χ0v) is 11.9. The second-order valence-electron chi connectivity index (χ2n) is 4.20. The van der Waals surface area contributed by atoms with E-state index in [-0.39, 0.29) is 11.1 Å². The number of carboxylic acid groups (broad SMARTS) is 1. The first-order valence-electron chi connectivity index (χ1n) is 5.90. The molecule has 1 aromatic rings. The van der Waals surface area contributed by atoms with E-state index in [0.29, 0.717) is 0 Å². The number of carbonyl (C=O) groups excluding carboxylic acids is 1. The van der Waals surface area contributed by atoms with Crippen LogP contribution in [0.5, 0.6) is 0 Å². The third-order valence-electron chi connectivity index (χ3n) is 2.64. The van der Waals surface area contributed by atoms with E-state index in [1.165, 1.54) is 13.0 Å². The van der Waals surface area contributed by atoms with Crippen molar-refractivity contribution in [2.24, 2.45) is 0 Å². The van der Waals surface area contributed by atoms with Gasteiger partial charge in [0, 0.05) is 11.6 Å². The number of nitro groups is 2. The maximum absolute atomic E-state index is 11.5. The maximum atomic E-state index is 11.5. The predicted octanol–water partition coefficient (Wildman–Crippen LogP) is 1.59. The Morgan fingerprint density at radius 2 is 1.87 bits per heavy atom. The lowest BCUT2D eigenvalue weighted by atomic mass is 10.1. The Labute approximate surface area is 128 Å². The van der Waals surface area contributed by atoms with Gasteiger partial charge in [-0.15, -0.1) is 0 Å². The van der Waals surface area contributed by atoms with Crippen LogP contribution in [-0.4, -0.2) is 34.1 Å². The molecule has 0 fully saturated rings. The second kappa shape index (κ2) is 6.98. The number of methoxy groups -OCH3 is 1. The molecule has 23 heavy (non-hydrogen) atoms. The van der Waals surface area contributed by atoms with Gasteiger partial charge in [-0.3, -0.25) is 25.5 Å². The van der Waals surface area contributed by atoms with Gasteiger partial charge in [0.1, 0.15) is 5.70 Å². The van der Waals surface area contributed by atoms with Crippen molar-refractivity contribution in [3.8, 4) is 0 Å². The average Bonchev–Trinajstić information content (AvgIpc) is 2.43. The highest BCUT2D eigenvalue weighted by atomic mass is 16.6. The molecule has 11 nitrogen and oxygen atoms in total. The van der Waals surface area contributed by atoms with Crippen LogP contribution in [0.1, 0.15) is 11.1 Å². The molecule has 2 N–H and O–H groups in total. The summed E-state index contributed by atoms with van der Waals surface area (Å²) in [4.78, 5) is 42.2. The molecule has 11 heteroatoms. The SMILES string of the molecule is COC(=O)/C(=C/c1cc(C)c([N+](=O)[O-])c([N+](=O)[O-])c1)NC(=O)O. The number of nitrogens with one attached hydrogen (secondary N) is 1. The molecule has 0 saturated carbocycles. The standard InChI is InChI=1S/C12H11N3O8/c1-6-3-7(4-8(11(16)23-2)13-12(17)18)5-9(14(19)20)10(6)15(21)22/h3-5,13H,1-2H3,(H,17,18)/b8-4-. The fraction of sp³-hybridized carbons (Fsp3) is 0.167. The largest absolute Gasteiger partial charge is 0.465 e. The topological polar surface area (TPSA) is 162 Å². The van der Waals surface area contributed by atoms with Crippen LogP contribution in [0.2, 0.25) is 0 Å². The number of benzene rings is 1. The van der Waals surface area contributed by atoms with E-state index in [0.717, 1.165) is 19.3 Å². The number of amides is 1. The van der Waals surface area contributed by atoms with Crippen LogP contribution in [0, 0.1) is 27.2 Å². The molecule has 0 atom stereocenters. The van der Waals surface area contributed by atoms with Crippen molar-refractivity contribution < 1.29 is 29.3 Å². The highest BCUT2D eigenvalue weighted by Gasteiger charge is 2.27. The molecule has 0 heterocycles. The van der Waals surface area contributed by atoms with E-state index in [4.69, 9.17) is 5.11 Å². The number of esters is 1. The summed E-state index contributed by atoms with van der Waals surface area (Å²) in [5, 5.41) is 32.3. The lowest BCUT2D eigenvalue weighted by molar-refractivity contribution is -0.422.